The van der Waals surface area contributed by atoms with Crippen molar-refractivity contribution in [2.24, 2.45) is 0 Å². The van der Waals surface area contributed by atoms with Gasteiger partial charge in [0, 0.05) is 55.0 Å². The number of anilines is 2. The Morgan fingerprint density at radius 1 is 1.13 bits per heavy atom. The van der Waals surface area contributed by atoms with Crippen LogP contribution in [0.15, 0.2) is 77.7 Å². The molecule has 0 aliphatic carbocycles. The number of aromatic nitrogens is 1. The molecule has 0 saturated heterocycles. The number of aldehydes is 1. The molecule has 0 fully saturated rings. The van der Waals surface area contributed by atoms with Crippen molar-refractivity contribution in [3.63, 3.8) is 0 Å². The lowest BCUT2D eigenvalue weighted by Gasteiger charge is -2.29. The molecule has 1 heterocycles. The fourth-order valence-electron chi connectivity index (χ4n) is 4.83. The number of nitrogens with zero attached hydrogens (tertiary/aromatic N) is 1. The molecule has 5 N–H and O–H groups in total. The van der Waals surface area contributed by atoms with E-state index < -0.39 is 6.04 Å². The first kappa shape index (κ1) is 27.6. The number of benzene rings is 3. The quantitative estimate of drug-likeness (QED) is 0.171. The van der Waals surface area contributed by atoms with Gasteiger partial charge >= 0.3 is 0 Å². The minimum atomic E-state index is -0.796. The molecule has 8 heteroatoms. The van der Waals surface area contributed by atoms with Crippen LogP contribution in [0, 0.1) is 6.92 Å². The molecular weight excluding hydrogens is 492 g/mol. The van der Waals surface area contributed by atoms with Crippen LogP contribution in [0.5, 0.6) is 0 Å². The number of H-pyrrole nitrogens is 1. The fourth-order valence-corrected chi connectivity index (χ4v) is 4.83. The van der Waals surface area contributed by atoms with E-state index in [0.717, 1.165) is 33.9 Å². The number of aliphatic hydroxyl groups is 1. The van der Waals surface area contributed by atoms with E-state index in [1.807, 2.05) is 68.4 Å². The van der Waals surface area contributed by atoms with Gasteiger partial charge in [-0.15, -0.1) is 0 Å². The van der Waals surface area contributed by atoms with Crippen molar-refractivity contribution in [2.75, 3.05) is 24.2 Å². The van der Waals surface area contributed by atoms with E-state index in [1.165, 1.54) is 0 Å². The second-order valence-corrected chi connectivity index (χ2v) is 9.85. The molecule has 0 aliphatic rings. The van der Waals surface area contributed by atoms with Crippen LogP contribution in [0.25, 0.3) is 10.8 Å². The number of fused-ring (bicyclic) bond motifs is 1. The van der Waals surface area contributed by atoms with Crippen LogP contribution in [0.3, 0.4) is 0 Å². The van der Waals surface area contributed by atoms with Crippen LogP contribution < -0.4 is 16.6 Å². The fraction of sp³-hybridized carbons (Fsp3) is 0.258. The van der Waals surface area contributed by atoms with Gasteiger partial charge in [0.15, 0.2) is 0 Å². The number of carbonyl (C=O) groups is 2. The van der Waals surface area contributed by atoms with Gasteiger partial charge in [-0.2, -0.15) is 0 Å². The molecule has 2 atom stereocenters. The average molecular weight is 527 g/mol. The van der Waals surface area contributed by atoms with Crippen molar-refractivity contribution in [3.05, 3.63) is 106 Å². The zero-order valence-corrected chi connectivity index (χ0v) is 22.2. The number of pyridine rings is 1. The molecule has 1 aromatic heterocycles. The third kappa shape index (κ3) is 6.53. The van der Waals surface area contributed by atoms with Gasteiger partial charge in [-0.3, -0.25) is 9.59 Å². The first-order valence-corrected chi connectivity index (χ1v) is 13.0. The normalized spacial score (nSPS) is 12.6. The molecule has 1 amide bonds. The molecule has 4 rings (SSSR count). The Kier molecular flexibility index (Phi) is 8.78. The topological polar surface area (TPSA) is 129 Å². The predicted octanol–water partition coefficient (Wildman–Crippen LogP) is 4.29. The Morgan fingerprint density at radius 3 is 2.67 bits per heavy atom. The monoisotopic (exact) mass is 526 g/mol. The van der Waals surface area contributed by atoms with Crippen molar-refractivity contribution < 1.29 is 14.7 Å². The maximum atomic E-state index is 14.2. The van der Waals surface area contributed by atoms with Gasteiger partial charge in [0.1, 0.15) is 12.3 Å². The van der Waals surface area contributed by atoms with Crippen LogP contribution in [-0.2, 0) is 16.1 Å². The summed E-state index contributed by atoms with van der Waals surface area (Å²) in [6.45, 7) is 4.45. The van der Waals surface area contributed by atoms with E-state index in [-0.39, 0.29) is 43.5 Å². The van der Waals surface area contributed by atoms with Gasteiger partial charge in [-0.1, -0.05) is 43.3 Å². The summed E-state index contributed by atoms with van der Waals surface area (Å²) >= 11 is 0. The minimum Gasteiger partial charge on any atom is -0.399 e. The lowest BCUT2D eigenvalue weighted by atomic mass is 9.93. The van der Waals surface area contributed by atoms with E-state index >= 15 is 0 Å². The van der Waals surface area contributed by atoms with Crippen LogP contribution >= 0.6 is 0 Å². The van der Waals surface area contributed by atoms with Gasteiger partial charge in [0.2, 0.25) is 5.91 Å². The number of hydrogen-bond acceptors (Lipinski definition) is 6. The van der Waals surface area contributed by atoms with Crippen LogP contribution in [0.4, 0.5) is 11.4 Å². The molecule has 0 spiro atoms. The molecule has 0 bridgehead atoms. The first-order chi connectivity index (χ1) is 18.8. The van der Waals surface area contributed by atoms with Gasteiger partial charge in [0.05, 0.1) is 0 Å². The Morgan fingerprint density at radius 2 is 1.95 bits per heavy atom. The summed E-state index contributed by atoms with van der Waals surface area (Å²) in [6.07, 6.45) is 2.59. The van der Waals surface area contributed by atoms with Gasteiger partial charge in [-0.25, -0.2) is 0 Å². The van der Waals surface area contributed by atoms with Crippen LogP contribution in [0.2, 0.25) is 0 Å². The standard InChI is InChI=1S/C31H34N4O4/c1-20-15-24(8-10-27(20)21(2)19-37)29(34-26-9-7-23-11-12-33-30(38)28(23)17-26)31(39)35(13-4-14-36)18-22-5-3-6-25(32)16-22/h3,5-12,14-17,21,29,34,37H,4,13,18-19,32H2,1-2H3,(H,33,38)/t21-,29?/m0/s1. The lowest BCUT2D eigenvalue weighted by molar-refractivity contribution is -0.133. The third-order valence-electron chi connectivity index (χ3n) is 6.92. The van der Waals surface area contributed by atoms with Crippen molar-refractivity contribution in [1.82, 2.24) is 9.88 Å². The highest BCUT2D eigenvalue weighted by molar-refractivity contribution is 5.89. The Hall–Kier alpha value is -4.43. The summed E-state index contributed by atoms with van der Waals surface area (Å²) in [5.74, 6) is -0.260. The largest absolute Gasteiger partial charge is 0.399 e. The second kappa shape index (κ2) is 12.4. The van der Waals surface area contributed by atoms with E-state index in [4.69, 9.17) is 5.73 Å². The second-order valence-electron chi connectivity index (χ2n) is 9.85. The summed E-state index contributed by atoms with van der Waals surface area (Å²) in [5, 5.41) is 14.3. The number of nitrogens with one attached hydrogen (secondary N) is 2. The van der Waals surface area contributed by atoms with Crippen LogP contribution in [0.1, 0.15) is 47.6 Å². The van der Waals surface area contributed by atoms with Crippen molar-refractivity contribution >= 4 is 34.3 Å². The summed E-state index contributed by atoms with van der Waals surface area (Å²) in [4.78, 5) is 42.2. The Labute approximate surface area is 227 Å². The number of hydrogen-bond donors (Lipinski definition) is 4. The molecule has 202 valence electrons. The maximum absolute atomic E-state index is 14.2. The molecule has 39 heavy (non-hydrogen) atoms. The van der Waals surface area contributed by atoms with Crippen molar-refractivity contribution in [1.29, 1.82) is 0 Å². The maximum Gasteiger partial charge on any atom is 0.255 e. The lowest BCUT2D eigenvalue weighted by Crippen LogP contribution is -2.38. The molecule has 1 unspecified atom stereocenters. The summed E-state index contributed by atoms with van der Waals surface area (Å²) in [6, 6.07) is 19.5. The number of amides is 1. The number of nitrogens with two attached hydrogens (primary N) is 1. The highest BCUT2D eigenvalue weighted by Crippen LogP contribution is 2.28. The molecule has 8 nitrogen and oxygen atoms in total. The molecule has 3 aromatic carbocycles. The van der Waals surface area contributed by atoms with E-state index in [1.54, 1.807) is 23.2 Å². The Balaban J connectivity index is 1.75. The highest BCUT2D eigenvalue weighted by atomic mass is 16.3. The van der Waals surface area contributed by atoms with Gasteiger partial charge in [0.25, 0.3) is 5.56 Å². The van der Waals surface area contributed by atoms with Crippen molar-refractivity contribution in [2.45, 2.75) is 38.8 Å². The van der Waals surface area contributed by atoms with Crippen molar-refractivity contribution in [3.8, 4) is 0 Å². The number of carbonyl (C=O) groups excluding carboxylic acids is 2. The first-order valence-electron chi connectivity index (χ1n) is 13.0. The van der Waals surface area contributed by atoms with Gasteiger partial charge in [-0.05, 0) is 64.9 Å². The molecule has 4 aromatic rings. The average Bonchev–Trinajstić information content (AvgIpc) is 2.93. The van der Waals surface area contributed by atoms with E-state index in [2.05, 4.69) is 10.3 Å². The van der Waals surface area contributed by atoms with E-state index in [0.29, 0.717) is 16.8 Å². The minimum absolute atomic E-state index is 0.0200. The summed E-state index contributed by atoms with van der Waals surface area (Å²) in [5.41, 5.74) is 10.5. The van der Waals surface area contributed by atoms with E-state index in [9.17, 15) is 19.5 Å². The smallest absolute Gasteiger partial charge is 0.255 e. The number of nitrogen functional groups attached to an aromatic ring is 1. The summed E-state index contributed by atoms with van der Waals surface area (Å²) in [7, 11) is 0. The van der Waals surface area contributed by atoms with Gasteiger partial charge < -0.3 is 30.8 Å². The predicted molar refractivity (Wildman–Crippen MR) is 155 cm³/mol. The zero-order valence-electron chi connectivity index (χ0n) is 22.2. The summed E-state index contributed by atoms with van der Waals surface area (Å²) < 4.78 is 0. The SMILES string of the molecule is Cc1cc(C(Nc2ccc3cc[nH]c(=O)c3c2)C(=O)N(CCC=O)Cc2cccc(N)c2)ccc1[C@@H](C)CO. The zero-order chi connectivity index (χ0) is 27.9. The number of aryl methyl sites for hydroxylation is 1. The third-order valence-corrected chi connectivity index (χ3v) is 6.92. The highest BCUT2D eigenvalue weighted by Gasteiger charge is 2.27. The Bertz CT molecular complexity index is 1530. The molecule has 0 radical (unpaired) electrons. The molecule has 0 aliphatic heterocycles. The molecular formula is C31H34N4O4. The van der Waals surface area contributed by atoms with Crippen LogP contribution in [-0.4, -0.2) is 40.3 Å². The molecule has 0 saturated carbocycles. The number of aromatic amines is 1. The number of aliphatic hydroxyl groups excluding tert-OH is 1. The number of rotatable bonds is 11.